The number of nitrogens with one attached hydrogen (secondary N) is 1. The second-order valence-electron chi connectivity index (χ2n) is 6.04. The molecule has 1 aliphatic carbocycles. The van der Waals surface area contributed by atoms with Gasteiger partial charge in [-0.3, -0.25) is 0 Å². The van der Waals surface area contributed by atoms with Crippen LogP contribution in [0, 0.1) is 0 Å². The number of carbonyl (C=O) groups excluding carboxylic acids is 1. The number of benzene rings is 1. The number of carboxylic acid groups (broad SMARTS) is 1. The zero-order chi connectivity index (χ0) is 17.6. The predicted molar refractivity (Wildman–Crippen MR) is 73.0 cm³/mol. The highest BCUT2D eigenvalue weighted by Crippen LogP contribution is 2.59. The summed E-state index contributed by atoms with van der Waals surface area (Å²) in [5.74, 6) is -1.47. The number of halogens is 3. The third-order valence-corrected chi connectivity index (χ3v) is 4.30. The van der Waals surface area contributed by atoms with Crippen molar-refractivity contribution in [2.24, 2.45) is 0 Å². The van der Waals surface area contributed by atoms with Gasteiger partial charge in [0.05, 0.1) is 5.54 Å². The maximum atomic E-state index is 13.1. The number of rotatable bonds is 4. The molecule has 0 radical (unpaired) electrons. The predicted octanol–water partition coefficient (Wildman–Crippen LogP) is 2.23. The van der Waals surface area contributed by atoms with E-state index < -0.39 is 48.3 Å². The molecule has 2 aliphatic heterocycles. The zero-order valence-electron chi connectivity index (χ0n) is 12.3. The van der Waals surface area contributed by atoms with Crippen molar-refractivity contribution in [2.75, 3.05) is 0 Å². The van der Waals surface area contributed by atoms with Gasteiger partial charge in [0.25, 0.3) is 0 Å². The molecule has 0 aromatic heterocycles. The standard InChI is InChI=1S/C15H14F3NO5/c16-15(17,18)10-13(7-14(8-13,24-10)11(20)21)19-12(22)23-6-9-4-2-1-3-5-9/h1-5,10H,6-8H2,(H,19,22)(H,20,21). The first-order valence-electron chi connectivity index (χ1n) is 7.14. The molecule has 130 valence electrons. The lowest BCUT2D eigenvalue weighted by Gasteiger charge is -2.42. The lowest BCUT2D eigenvalue weighted by atomic mass is 9.66. The first-order valence-corrected chi connectivity index (χ1v) is 7.14. The first kappa shape index (κ1) is 16.6. The summed E-state index contributed by atoms with van der Waals surface area (Å²) in [6.45, 7) is -0.107. The van der Waals surface area contributed by atoms with Gasteiger partial charge < -0.3 is 19.9 Å². The highest BCUT2D eigenvalue weighted by molar-refractivity contribution is 5.82. The number of ether oxygens (including phenoxy) is 2. The molecule has 2 bridgehead atoms. The van der Waals surface area contributed by atoms with Crippen molar-refractivity contribution in [1.29, 1.82) is 0 Å². The molecule has 9 heteroatoms. The zero-order valence-corrected chi connectivity index (χ0v) is 12.3. The summed E-state index contributed by atoms with van der Waals surface area (Å²) in [6, 6.07) is 8.62. The third-order valence-electron chi connectivity index (χ3n) is 4.30. The van der Waals surface area contributed by atoms with Crippen LogP contribution in [-0.2, 0) is 20.9 Å². The molecule has 1 aromatic carbocycles. The van der Waals surface area contributed by atoms with Crippen LogP contribution in [-0.4, -0.2) is 40.6 Å². The summed E-state index contributed by atoms with van der Waals surface area (Å²) >= 11 is 0. The van der Waals surface area contributed by atoms with Gasteiger partial charge in [0.15, 0.2) is 11.7 Å². The molecule has 4 rings (SSSR count). The topological polar surface area (TPSA) is 84.9 Å². The SMILES string of the molecule is O=C(NC12CC(C(=O)O)(C1)OC2C(F)(F)F)OCc1ccccc1. The van der Waals surface area contributed by atoms with Gasteiger partial charge in [-0.2, -0.15) is 13.2 Å². The van der Waals surface area contributed by atoms with E-state index in [2.05, 4.69) is 5.32 Å². The Bertz CT molecular complexity index is 655. The van der Waals surface area contributed by atoms with Gasteiger partial charge in [-0.25, -0.2) is 9.59 Å². The highest BCUT2D eigenvalue weighted by Gasteiger charge is 2.78. The van der Waals surface area contributed by atoms with Crippen LogP contribution in [0.5, 0.6) is 0 Å². The van der Waals surface area contributed by atoms with E-state index in [1.807, 2.05) is 0 Å². The summed E-state index contributed by atoms with van der Waals surface area (Å²) in [6.07, 6.45) is -9.09. The Morgan fingerprint density at radius 3 is 2.46 bits per heavy atom. The number of fused-ring (bicyclic) bond motifs is 1. The maximum absolute atomic E-state index is 13.1. The minimum atomic E-state index is -4.79. The molecule has 1 saturated carbocycles. The molecule has 1 unspecified atom stereocenters. The maximum Gasteiger partial charge on any atom is 0.416 e. The van der Waals surface area contributed by atoms with E-state index in [-0.39, 0.29) is 6.61 Å². The van der Waals surface area contributed by atoms with Gasteiger partial charge in [0.1, 0.15) is 6.61 Å². The Labute approximate surface area is 134 Å². The van der Waals surface area contributed by atoms with Crippen LogP contribution in [0.25, 0.3) is 0 Å². The van der Waals surface area contributed by atoms with Crippen LogP contribution in [0.4, 0.5) is 18.0 Å². The number of carboxylic acids is 1. The van der Waals surface area contributed by atoms with Crippen LogP contribution in [0.1, 0.15) is 18.4 Å². The van der Waals surface area contributed by atoms with Gasteiger partial charge in [-0.1, -0.05) is 30.3 Å². The lowest BCUT2D eigenvalue weighted by molar-refractivity contribution is -0.221. The summed E-state index contributed by atoms with van der Waals surface area (Å²) in [4.78, 5) is 23.0. The van der Waals surface area contributed by atoms with Crippen molar-refractivity contribution in [2.45, 2.75) is 42.9 Å². The summed E-state index contributed by atoms with van der Waals surface area (Å²) in [7, 11) is 0. The molecule has 24 heavy (non-hydrogen) atoms. The number of amides is 1. The van der Waals surface area contributed by atoms with Gasteiger partial charge in [0, 0.05) is 12.8 Å². The molecular formula is C15H14F3NO5. The lowest BCUT2D eigenvalue weighted by Crippen LogP contribution is -2.65. The first-order chi connectivity index (χ1) is 11.2. The van der Waals surface area contributed by atoms with Crippen molar-refractivity contribution in [3.63, 3.8) is 0 Å². The van der Waals surface area contributed by atoms with Crippen molar-refractivity contribution < 1.29 is 37.3 Å². The molecule has 1 aromatic rings. The van der Waals surface area contributed by atoms with E-state index in [1.54, 1.807) is 30.3 Å². The summed E-state index contributed by atoms with van der Waals surface area (Å²) < 4.78 is 49.0. The van der Waals surface area contributed by atoms with E-state index in [4.69, 9.17) is 14.6 Å². The average Bonchev–Trinajstić information content (AvgIpc) is 2.98. The Morgan fingerprint density at radius 1 is 1.29 bits per heavy atom. The number of aliphatic carboxylic acids is 1. The van der Waals surface area contributed by atoms with Crippen LogP contribution < -0.4 is 5.32 Å². The minimum Gasteiger partial charge on any atom is -0.479 e. The molecular weight excluding hydrogens is 331 g/mol. The molecule has 0 spiro atoms. The largest absolute Gasteiger partial charge is 0.479 e. The molecule has 6 nitrogen and oxygen atoms in total. The molecule has 3 fully saturated rings. The fourth-order valence-corrected chi connectivity index (χ4v) is 3.27. The van der Waals surface area contributed by atoms with Crippen molar-refractivity contribution in [3.05, 3.63) is 35.9 Å². The fourth-order valence-electron chi connectivity index (χ4n) is 3.27. The second-order valence-corrected chi connectivity index (χ2v) is 6.04. The fraction of sp³-hybridized carbons (Fsp3) is 0.467. The highest BCUT2D eigenvalue weighted by atomic mass is 19.4. The molecule has 3 aliphatic rings. The van der Waals surface area contributed by atoms with Gasteiger partial charge in [-0.05, 0) is 5.56 Å². The Morgan fingerprint density at radius 2 is 1.92 bits per heavy atom. The normalized spacial score (nSPS) is 31.2. The number of hydrogen-bond donors (Lipinski definition) is 2. The molecule has 2 saturated heterocycles. The molecule has 1 amide bonds. The van der Waals surface area contributed by atoms with E-state index in [1.165, 1.54) is 0 Å². The second kappa shape index (κ2) is 5.37. The third kappa shape index (κ3) is 2.68. The molecule has 2 heterocycles. The number of alkyl carbamates (subject to hydrolysis) is 1. The molecule has 2 N–H and O–H groups in total. The Balaban J connectivity index is 1.67. The van der Waals surface area contributed by atoms with Gasteiger partial charge in [0.2, 0.25) is 0 Å². The van der Waals surface area contributed by atoms with Gasteiger partial charge in [-0.15, -0.1) is 0 Å². The van der Waals surface area contributed by atoms with E-state index in [0.717, 1.165) is 0 Å². The van der Waals surface area contributed by atoms with Crippen LogP contribution >= 0.6 is 0 Å². The monoisotopic (exact) mass is 345 g/mol. The van der Waals surface area contributed by atoms with E-state index in [0.29, 0.717) is 5.56 Å². The smallest absolute Gasteiger partial charge is 0.416 e. The minimum absolute atomic E-state index is 0.107. The van der Waals surface area contributed by atoms with Crippen LogP contribution in [0.3, 0.4) is 0 Å². The number of hydrogen-bond acceptors (Lipinski definition) is 4. The van der Waals surface area contributed by atoms with E-state index in [9.17, 15) is 22.8 Å². The van der Waals surface area contributed by atoms with Crippen molar-refractivity contribution in [1.82, 2.24) is 5.32 Å². The van der Waals surface area contributed by atoms with Crippen molar-refractivity contribution >= 4 is 12.1 Å². The van der Waals surface area contributed by atoms with Crippen LogP contribution in [0.15, 0.2) is 30.3 Å². The Hall–Kier alpha value is -2.29. The van der Waals surface area contributed by atoms with E-state index >= 15 is 0 Å². The quantitative estimate of drug-likeness (QED) is 0.874. The Kier molecular flexibility index (Phi) is 3.71. The van der Waals surface area contributed by atoms with Crippen molar-refractivity contribution in [3.8, 4) is 0 Å². The summed E-state index contributed by atoms with van der Waals surface area (Å²) in [5, 5.41) is 11.2. The number of alkyl halides is 3. The average molecular weight is 345 g/mol. The van der Waals surface area contributed by atoms with Gasteiger partial charge >= 0.3 is 18.2 Å². The molecule has 1 atom stereocenters. The summed E-state index contributed by atoms with van der Waals surface area (Å²) in [5.41, 5.74) is -3.02. The number of carbonyl (C=O) groups is 2. The van der Waals surface area contributed by atoms with Crippen LogP contribution in [0.2, 0.25) is 0 Å².